The van der Waals surface area contributed by atoms with Crippen molar-refractivity contribution in [3.05, 3.63) is 5.01 Å². The summed E-state index contributed by atoms with van der Waals surface area (Å²) in [5.41, 5.74) is 5.77. The van der Waals surface area contributed by atoms with Gasteiger partial charge in [0.25, 0.3) is 0 Å². The van der Waals surface area contributed by atoms with Gasteiger partial charge in [0.1, 0.15) is 5.01 Å². The van der Waals surface area contributed by atoms with E-state index in [4.69, 9.17) is 5.73 Å². The zero-order valence-corrected chi connectivity index (χ0v) is 12.6. The average Bonchev–Trinajstić information content (AvgIpc) is 2.72. The molecular formula is C11H20N4OS2. The smallest absolute Gasteiger partial charge is 0.243 e. The molecule has 0 saturated carbocycles. The van der Waals surface area contributed by atoms with Crippen molar-refractivity contribution >= 4 is 34.1 Å². The highest BCUT2D eigenvalue weighted by molar-refractivity contribution is 7.98. The van der Waals surface area contributed by atoms with Gasteiger partial charge >= 0.3 is 0 Å². The van der Waals surface area contributed by atoms with Gasteiger partial charge in [-0.3, -0.25) is 10.1 Å². The number of nitrogens with one attached hydrogen (secondary N) is 1. The maximum Gasteiger partial charge on any atom is 0.243 e. The average molecular weight is 288 g/mol. The molecule has 1 amide bonds. The van der Waals surface area contributed by atoms with E-state index in [1.807, 2.05) is 6.26 Å². The predicted molar refractivity (Wildman–Crippen MR) is 78.1 cm³/mol. The highest BCUT2D eigenvalue weighted by Gasteiger charge is 2.15. The van der Waals surface area contributed by atoms with Crippen molar-refractivity contribution in [1.82, 2.24) is 10.2 Å². The third-order valence-electron chi connectivity index (χ3n) is 2.25. The molecule has 0 aliphatic heterocycles. The Balaban J connectivity index is 2.46. The van der Waals surface area contributed by atoms with E-state index in [2.05, 4.69) is 29.4 Å². The molecule has 0 unspecified atom stereocenters. The number of amides is 1. The van der Waals surface area contributed by atoms with Crippen LogP contribution < -0.4 is 11.1 Å². The molecule has 0 aliphatic rings. The number of carbonyl (C=O) groups excluding carboxylic acids is 1. The summed E-state index contributed by atoms with van der Waals surface area (Å²) in [6.45, 7) is 4.25. The normalized spacial score (nSPS) is 12.7. The fourth-order valence-electron chi connectivity index (χ4n) is 1.31. The molecule has 7 heteroatoms. The van der Waals surface area contributed by atoms with Gasteiger partial charge in [0.2, 0.25) is 11.0 Å². The molecule has 0 aromatic carbocycles. The van der Waals surface area contributed by atoms with E-state index in [1.165, 1.54) is 11.3 Å². The summed E-state index contributed by atoms with van der Waals surface area (Å²) < 4.78 is 0. The van der Waals surface area contributed by atoms with E-state index in [0.717, 1.165) is 17.2 Å². The maximum absolute atomic E-state index is 11.7. The summed E-state index contributed by atoms with van der Waals surface area (Å²) in [6, 6.07) is -0.477. The Morgan fingerprint density at radius 2 is 2.22 bits per heavy atom. The van der Waals surface area contributed by atoms with Gasteiger partial charge in [0.05, 0.1) is 6.04 Å². The van der Waals surface area contributed by atoms with Crippen LogP contribution in [0.25, 0.3) is 0 Å². The fourth-order valence-corrected chi connectivity index (χ4v) is 2.75. The molecule has 1 atom stereocenters. The van der Waals surface area contributed by atoms with Crippen LogP contribution in [0.2, 0.25) is 0 Å². The predicted octanol–water partition coefficient (Wildman–Crippen LogP) is 1.76. The van der Waals surface area contributed by atoms with E-state index >= 15 is 0 Å². The van der Waals surface area contributed by atoms with Crippen molar-refractivity contribution in [3.8, 4) is 0 Å². The Morgan fingerprint density at radius 1 is 1.50 bits per heavy atom. The van der Waals surface area contributed by atoms with Crippen LogP contribution in [0.5, 0.6) is 0 Å². The number of thioether (sulfide) groups is 1. The lowest BCUT2D eigenvalue weighted by atomic mass is 10.1. The summed E-state index contributed by atoms with van der Waals surface area (Å²) in [5, 5.41) is 12.2. The van der Waals surface area contributed by atoms with Crippen LogP contribution in [0.15, 0.2) is 0 Å². The number of carbonyl (C=O) groups is 1. The van der Waals surface area contributed by atoms with Crippen LogP contribution in [-0.2, 0) is 11.2 Å². The Morgan fingerprint density at radius 3 is 2.83 bits per heavy atom. The number of hydrogen-bond donors (Lipinski definition) is 2. The molecular weight excluding hydrogens is 268 g/mol. The first-order chi connectivity index (χ1) is 8.52. The molecule has 0 radical (unpaired) electrons. The minimum absolute atomic E-state index is 0.184. The first-order valence-electron chi connectivity index (χ1n) is 5.90. The van der Waals surface area contributed by atoms with Crippen molar-refractivity contribution in [2.24, 2.45) is 11.7 Å². The van der Waals surface area contributed by atoms with Crippen molar-refractivity contribution in [2.75, 3.05) is 17.3 Å². The lowest BCUT2D eigenvalue weighted by Crippen LogP contribution is -2.36. The van der Waals surface area contributed by atoms with Crippen molar-refractivity contribution in [3.63, 3.8) is 0 Å². The zero-order chi connectivity index (χ0) is 13.5. The molecule has 18 heavy (non-hydrogen) atoms. The van der Waals surface area contributed by atoms with E-state index < -0.39 is 6.04 Å². The lowest BCUT2D eigenvalue weighted by molar-refractivity contribution is -0.117. The highest BCUT2D eigenvalue weighted by atomic mass is 32.2. The maximum atomic E-state index is 11.7. The molecule has 1 heterocycles. The topological polar surface area (TPSA) is 80.9 Å². The summed E-state index contributed by atoms with van der Waals surface area (Å²) in [7, 11) is 0. The van der Waals surface area contributed by atoms with Crippen molar-refractivity contribution in [2.45, 2.75) is 32.7 Å². The standard InChI is InChI=1S/C11H20N4OS2/c1-7(2)6-9-14-15-11(18-9)13-10(16)8(12)4-5-17-3/h7-8H,4-6,12H2,1-3H3,(H,13,15,16)/t8-/m1/s1. The van der Waals surface area contributed by atoms with E-state index in [-0.39, 0.29) is 5.91 Å². The minimum atomic E-state index is -0.477. The largest absolute Gasteiger partial charge is 0.320 e. The third kappa shape index (κ3) is 5.32. The molecule has 0 saturated heterocycles. The zero-order valence-electron chi connectivity index (χ0n) is 11.0. The molecule has 0 bridgehead atoms. The van der Waals surface area contributed by atoms with Crippen molar-refractivity contribution in [1.29, 1.82) is 0 Å². The summed E-state index contributed by atoms with van der Waals surface area (Å²) in [4.78, 5) is 11.7. The second-order valence-electron chi connectivity index (χ2n) is 4.48. The fraction of sp³-hybridized carbons (Fsp3) is 0.727. The Hall–Kier alpha value is -0.660. The Kier molecular flexibility index (Phi) is 6.59. The minimum Gasteiger partial charge on any atom is -0.320 e. The van der Waals surface area contributed by atoms with Crippen LogP contribution in [0, 0.1) is 5.92 Å². The van der Waals surface area contributed by atoms with Gasteiger partial charge in [-0.25, -0.2) is 0 Å². The van der Waals surface area contributed by atoms with Gasteiger partial charge in [-0.05, 0) is 24.3 Å². The number of aromatic nitrogens is 2. The van der Waals surface area contributed by atoms with E-state index in [1.54, 1.807) is 11.8 Å². The molecule has 1 rings (SSSR count). The molecule has 0 spiro atoms. The number of hydrogen-bond acceptors (Lipinski definition) is 6. The first kappa shape index (κ1) is 15.4. The lowest BCUT2D eigenvalue weighted by Gasteiger charge is -2.08. The Bertz CT molecular complexity index is 381. The Labute approximate surface area is 116 Å². The van der Waals surface area contributed by atoms with Crippen molar-refractivity contribution < 1.29 is 4.79 Å². The second-order valence-corrected chi connectivity index (χ2v) is 6.52. The number of anilines is 1. The van der Waals surface area contributed by atoms with Gasteiger partial charge < -0.3 is 5.73 Å². The number of nitrogens with zero attached hydrogens (tertiary/aromatic N) is 2. The molecule has 5 nitrogen and oxygen atoms in total. The van der Waals surface area contributed by atoms with E-state index in [9.17, 15) is 4.79 Å². The number of rotatable bonds is 7. The van der Waals surface area contributed by atoms with Gasteiger partial charge in [-0.15, -0.1) is 10.2 Å². The number of nitrogens with two attached hydrogens (primary N) is 1. The summed E-state index contributed by atoms with van der Waals surface area (Å²) >= 11 is 3.10. The van der Waals surface area contributed by atoms with E-state index in [0.29, 0.717) is 17.5 Å². The van der Waals surface area contributed by atoms with Crippen LogP contribution in [0.4, 0.5) is 5.13 Å². The van der Waals surface area contributed by atoms with Gasteiger partial charge in [0.15, 0.2) is 0 Å². The molecule has 0 aliphatic carbocycles. The monoisotopic (exact) mass is 288 g/mol. The summed E-state index contributed by atoms with van der Waals surface area (Å²) in [5.74, 6) is 1.23. The molecule has 0 fully saturated rings. The van der Waals surface area contributed by atoms with Gasteiger partial charge in [0, 0.05) is 6.42 Å². The van der Waals surface area contributed by atoms with Gasteiger partial charge in [-0.1, -0.05) is 25.2 Å². The van der Waals surface area contributed by atoms with Crippen LogP contribution in [0.3, 0.4) is 0 Å². The third-order valence-corrected chi connectivity index (χ3v) is 3.75. The van der Waals surface area contributed by atoms with Crippen LogP contribution >= 0.6 is 23.1 Å². The van der Waals surface area contributed by atoms with Crippen LogP contribution in [-0.4, -0.2) is 34.2 Å². The second kappa shape index (κ2) is 7.70. The molecule has 102 valence electrons. The molecule has 1 aromatic heterocycles. The van der Waals surface area contributed by atoms with Gasteiger partial charge in [-0.2, -0.15) is 11.8 Å². The SMILES string of the molecule is CSCC[C@@H](N)C(=O)Nc1nnc(CC(C)C)s1. The summed E-state index contributed by atoms with van der Waals surface area (Å²) in [6.07, 6.45) is 3.55. The molecule has 1 aromatic rings. The molecule has 3 N–H and O–H groups in total. The quantitative estimate of drug-likeness (QED) is 0.799. The highest BCUT2D eigenvalue weighted by Crippen LogP contribution is 2.18. The first-order valence-corrected chi connectivity index (χ1v) is 8.11. The van der Waals surface area contributed by atoms with Crippen LogP contribution in [0.1, 0.15) is 25.3 Å².